The van der Waals surface area contributed by atoms with Crippen LogP contribution in [0.4, 0.5) is 4.39 Å². The standard InChI is InChI=1S/C15H11Br2FO2/c16-8-2-4-14-11(5-8)13(19)7-15(20-14)10-3-1-9(17)6-12(10)18/h1-6,13,15,19H,7H2. The number of benzene rings is 2. The van der Waals surface area contributed by atoms with E-state index in [2.05, 4.69) is 31.9 Å². The van der Waals surface area contributed by atoms with Gasteiger partial charge in [-0.25, -0.2) is 4.39 Å². The molecule has 0 aliphatic carbocycles. The molecule has 2 aromatic carbocycles. The molecular formula is C15H11Br2FO2. The van der Waals surface area contributed by atoms with Gasteiger partial charge in [0.25, 0.3) is 0 Å². The summed E-state index contributed by atoms with van der Waals surface area (Å²) in [5, 5.41) is 10.2. The highest BCUT2D eigenvalue weighted by atomic mass is 79.9. The number of aliphatic hydroxyl groups is 1. The van der Waals surface area contributed by atoms with E-state index < -0.39 is 12.2 Å². The Balaban J connectivity index is 1.97. The minimum absolute atomic E-state index is 0.335. The zero-order valence-electron chi connectivity index (χ0n) is 10.3. The van der Waals surface area contributed by atoms with Crippen molar-refractivity contribution in [1.82, 2.24) is 0 Å². The first-order valence-corrected chi connectivity index (χ1v) is 7.72. The number of hydrogen-bond acceptors (Lipinski definition) is 2. The van der Waals surface area contributed by atoms with E-state index in [1.807, 2.05) is 12.1 Å². The van der Waals surface area contributed by atoms with Crippen LogP contribution in [0, 0.1) is 5.82 Å². The highest BCUT2D eigenvalue weighted by Crippen LogP contribution is 2.42. The molecule has 20 heavy (non-hydrogen) atoms. The van der Waals surface area contributed by atoms with E-state index in [0.717, 1.165) is 10.0 Å². The Morgan fingerprint density at radius 1 is 1.05 bits per heavy atom. The van der Waals surface area contributed by atoms with Crippen LogP contribution in [0.15, 0.2) is 45.3 Å². The van der Waals surface area contributed by atoms with Gasteiger partial charge in [-0.3, -0.25) is 0 Å². The van der Waals surface area contributed by atoms with Gasteiger partial charge >= 0.3 is 0 Å². The third-order valence-corrected chi connectivity index (χ3v) is 4.33. The van der Waals surface area contributed by atoms with Crippen molar-refractivity contribution < 1.29 is 14.2 Å². The monoisotopic (exact) mass is 400 g/mol. The molecule has 5 heteroatoms. The van der Waals surface area contributed by atoms with E-state index in [4.69, 9.17) is 4.74 Å². The quantitative estimate of drug-likeness (QED) is 0.735. The Labute approximate surface area is 132 Å². The first kappa shape index (κ1) is 14.0. The van der Waals surface area contributed by atoms with Crippen LogP contribution >= 0.6 is 31.9 Å². The van der Waals surface area contributed by atoms with E-state index in [0.29, 0.717) is 22.2 Å². The molecule has 0 saturated heterocycles. The molecule has 0 aromatic heterocycles. The summed E-state index contributed by atoms with van der Waals surface area (Å²) >= 11 is 6.60. The van der Waals surface area contributed by atoms with Gasteiger partial charge in [0.15, 0.2) is 0 Å². The summed E-state index contributed by atoms with van der Waals surface area (Å²) < 4.78 is 21.4. The maximum atomic E-state index is 14.0. The normalized spacial score (nSPS) is 21.2. The Morgan fingerprint density at radius 3 is 2.50 bits per heavy atom. The molecule has 0 bridgehead atoms. The maximum Gasteiger partial charge on any atom is 0.131 e. The second-order valence-electron chi connectivity index (χ2n) is 4.71. The van der Waals surface area contributed by atoms with Crippen molar-refractivity contribution in [2.75, 3.05) is 0 Å². The first-order valence-electron chi connectivity index (χ1n) is 6.13. The van der Waals surface area contributed by atoms with E-state index in [9.17, 15) is 9.50 Å². The summed E-state index contributed by atoms with van der Waals surface area (Å²) in [6.07, 6.45) is -0.807. The van der Waals surface area contributed by atoms with Crippen LogP contribution in [-0.4, -0.2) is 5.11 Å². The Bertz CT molecular complexity index is 660. The molecule has 0 saturated carbocycles. The molecule has 1 aliphatic heterocycles. The van der Waals surface area contributed by atoms with Crippen molar-refractivity contribution in [3.05, 3.63) is 62.3 Å². The summed E-state index contributed by atoms with van der Waals surface area (Å²) in [6.45, 7) is 0. The van der Waals surface area contributed by atoms with Crippen LogP contribution in [0.1, 0.15) is 29.8 Å². The Morgan fingerprint density at radius 2 is 1.75 bits per heavy atom. The molecule has 1 N–H and O–H groups in total. The predicted molar refractivity (Wildman–Crippen MR) is 81.2 cm³/mol. The van der Waals surface area contributed by atoms with Gasteiger partial charge in [0.05, 0.1) is 6.10 Å². The predicted octanol–water partition coefficient (Wildman–Crippen LogP) is 4.91. The van der Waals surface area contributed by atoms with Crippen LogP contribution in [0.2, 0.25) is 0 Å². The fourth-order valence-electron chi connectivity index (χ4n) is 2.37. The fourth-order valence-corrected chi connectivity index (χ4v) is 3.08. The fraction of sp³-hybridized carbons (Fsp3) is 0.200. The smallest absolute Gasteiger partial charge is 0.131 e. The van der Waals surface area contributed by atoms with Crippen LogP contribution in [0.5, 0.6) is 5.75 Å². The van der Waals surface area contributed by atoms with Crippen molar-refractivity contribution in [2.24, 2.45) is 0 Å². The summed E-state index contributed by atoms with van der Waals surface area (Å²) in [5.74, 6) is 0.261. The van der Waals surface area contributed by atoms with Crippen molar-refractivity contribution >= 4 is 31.9 Å². The van der Waals surface area contributed by atoms with Crippen LogP contribution in [0.25, 0.3) is 0 Å². The molecule has 1 heterocycles. The van der Waals surface area contributed by atoms with Crippen LogP contribution in [-0.2, 0) is 0 Å². The molecule has 2 atom stereocenters. The van der Waals surface area contributed by atoms with Crippen molar-refractivity contribution in [3.8, 4) is 5.75 Å². The number of hydrogen-bond donors (Lipinski definition) is 1. The third kappa shape index (κ3) is 2.62. The number of fused-ring (bicyclic) bond motifs is 1. The summed E-state index contributed by atoms with van der Waals surface area (Å²) in [7, 11) is 0. The van der Waals surface area contributed by atoms with Crippen molar-refractivity contribution in [2.45, 2.75) is 18.6 Å². The maximum absolute atomic E-state index is 14.0. The summed E-state index contributed by atoms with van der Waals surface area (Å²) in [4.78, 5) is 0. The lowest BCUT2D eigenvalue weighted by Crippen LogP contribution is -2.20. The van der Waals surface area contributed by atoms with E-state index >= 15 is 0 Å². The molecule has 0 fully saturated rings. The molecule has 0 radical (unpaired) electrons. The Hall–Kier alpha value is -0.910. The van der Waals surface area contributed by atoms with Crippen LogP contribution < -0.4 is 4.74 Å². The molecule has 1 aliphatic rings. The highest BCUT2D eigenvalue weighted by molar-refractivity contribution is 9.10. The lowest BCUT2D eigenvalue weighted by molar-refractivity contribution is 0.0639. The van der Waals surface area contributed by atoms with Gasteiger partial charge in [-0.2, -0.15) is 0 Å². The lowest BCUT2D eigenvalue weighted by Gasteiger charge is -2.30. The minimum atomic E-state index is -0.663. The van der Waals surface area contributed by atoms with Crippen LogP contribution in [0.3, 0.4) is 0 Å². The van der Waals surface area contributed by atoms with E-state index in [1.54, 1.807) is 18.2 Å². The van der Waals surface area contributed by atoms with Gasteiger partial charge in [0.1, 0.15) is 17.7 Å². The number of rotatable bonds is 1. The van der Waals surface area contributed by atoms with Gasteiger partial charge in [-0.1, -0.05) is 37.9 Å². The van der Waals surface area contributed by atoms with Crippen molar-refractivity contribution in [3.63, 3.8) is 0 Å². The minimum Gasteiger partial charge on any atom is -0.485 e. The number of ether oxygens (including phenoxy) is 1. The average Bonchev–Trinajstić information content (AvgIpc) is 2.39. The second-order valence-corrected chi connectivity index (χ2v) is 6.54. The third-order valence-electron chi connectivity index (χ3n) is 3.35. The van der Waals surface area contributed by atoms with Gasteiger partial charge in [0, 0.05) is 26.5 Å². The number of aliphatic hydroxyl groups excluding tert-OH is 1. The summed E-state index contributed by atoms with van der Waals surface area (Å²) in [5.41, 5.74) is 1.19. The first-order chi connectivity index (χ1) is 9.54. The van der Waals surface area contributed by atoms with Gasteiger partial charge in [0.2, 0.25) is 0 Å². The Kier molecular flexibility index (Phi) is 3.84. The topological polar surface area (TPSA) is 29.5 Å². The second kappa shape index (κ2) is 5.47. The SMILES string of the molecule is OC1CC(c2ccc(Br)cc2F)Oc2ccc(Br)cc21. The zero-order valence-corrected chi connectivity index (χ0v) is 13.5. The largest absolute Gasteiger partial charge is 0.485 e. The lowest BCUT2D eigenvalue weighted by atomic mass is 9.95. The summed E-state index contributed by atoms with van der Waals surface area (Å²) in [6, 6.07) is 10.3. The molecule has 104 valence electrons. The molecule has 0 spiro atoms. The average molecular weight is 402 g/mol. The molecule has 2 nitrogen and oxygen atoms in total. The number of halogens is 3. The molecule has 2 aromatic rings. The molecule has 3 rings (SSSR count). The molecule has 2 unspecified atom stereocenters. The van der Waals surface area contributed by atoms with E-state index in [1.165, 1.54) is 6.07 Å². The zero-order chi connectivity index (χ0) is 14.3. The van der Waals surface area contributed by atoms with Gasteiger partial charge < -0.3 is 9.84 Å². The van der Waals surface area contributed by atoms with Gasteiger partial charge in [-0.15, -0.1) is 0 Å². The molecular weight excluding hydrogens is 391 g/mol. The van der Waals surface area contributed by atoms with Crippen molar-refractivity contribution in [1.29, 1.82) is 0 Å². The van der Waals surface area contributed by atoms with Gasteiger partial charge in [-0.05, 0) is 30.3 Å². The highest BCUT2D eigenvalue weighted by Gasteiger charge is 2.29. The molecule has 0 amide bonds. The van der Waals surface area contributed by atoms with E-state index in [-0.39, 0.29) is 5.82 Å².